The monoisotopic (exact) mass is 280 g/mol. The van der Waals surface area contributed by atoms with Gasteiger partial charge in [-0.1, -0.05) is 30.3 Å². The third-order valence-electron chi connectivity index (χ3n) is 3.25. The Balaban J connectivity index is 2.33. The van der Waals surface area contributed by atoms with Crippen LogP contribution >= 0.6 is 0 Å². The van der Waals surface area contributed by atoms with E-state index in [1.807, 2.05) is 36.4 Å². The molecule has 1 heterocycles. The summed E-state index contributed by atoms with van der Waals surface area (Å²) in [5, 5.41) is 0.751. The van der Waals surface area contributed by atoms with E-state index in [4.69, 9.17) is 9.15 Å². The molecule has 0 atom stereocenters. The van der Waals surface area contributed by atoms with Gasteiger partial charge < -0.3 is 9.15 Å². The first-order valence-corrected chi connectivity index (χ1v) is 6.40. The molecule has 0 unspecified atom stereocenters. The van der Waals surface area contributed by atoms with Gasteiger partial charge in [-0.2, -0.15) is 0 Å². The molecule has 0 spiro atoms. The van der Waals surface area contributed by atoms with Gasteiger partial charge in [-0.25, -0.2) is 9.59 Å². The molecule has 104 valence electrons. The Labute approximate surface area is 120 Å². The van der Waals surface area contributed by atoms with E-state index in [-0.39, 0.29) is 0 Å². The van der Waals surface area contributed by atoms with Gasteiger partial charge in [0.1, 0.15) is 5.58 Å². The van der Waals surface area contributed by atoms with Gasteiger partial charge in [-0.05, 0) is 29.3 Å². The number of esters is 1. The number of carbonyl (C=O) groups is 1. The Hall–Kier alpha value is -2.88. The molecule has 1 aromatic heterocycles. The second-order valence-electron chi connectivity index (χ2n) is 4.55. The van der Waals surface area contributed by atoms with Crippen LogP contribution in [0.3, 0.4) is 0 Å². The van der Waals surface area contributed by atoms with Crippen LogP contribution in [0.5, 0.6) is 0 Å². The molecular weight excluding hydrogens is 268 g/mol. The summed E-state index contributed by atoms with van der Waals surface area (Å²) in [5.74, 6) is -0.470. The third-order valence-corrected chi connectivity index (χ3v) is 3.25. The Morgan fingerprint density at radius 2 is 1.81 bits per heavy atom. The third kappa shape index (κ3) is 2.43. The highest BCUT2D eigenvalue weighted by Crippen LogP contribution is 2.28. The number of hydrogen-bond acceptors (Lipinski definition) is 4. The number of rotatable bonds is 2. The van der Waals surface area contributed by atoms with Crippen LogP contribution < -0.4 is 5.63 Å². The topological polar surface area (TPSA) is 56.5 Å². The molecule has 0 fully saturated rings. The minimum absolute atomic E-state index is 0.364. The van der Waals surface area contributed by atoms with Crippen molar-refractivity contribution in [3.8, 4) is 11.1 Å². The molecular formula is C17H12O4. The quantitative estimate of drug-likeness (QED) is 0.534. The molecule has 2 aromatic carbocycles. The van der Waals surface area contributed by atoms with Crippen LogP contribution in [0, 0.1) is 0 Å². The van der Waals surface area contributed by atoms with Gasteiger partial charge in [0.05, 0.1) is 12.7 Å². The summed E-state index contributed by atoms with van der Waals surface area (Å²) in [7, 11) is 1.32. The van der Waals surface area contributed by atoms with Crippen LogP contribution in [-0.2, 0) is 4.74 Å². The van der Waals surface area contributed by atoms with Crippen LogP contribution in [0.25, 0.3) is 22.1 Å². The average Bonchev–Trinajstić information content (AvgIpc) is 2.53. The standard InChI is InChI=1S/C17H12O4/c1-20-17(19)14-10-15-12(7-8-16(18)21-15)9-13(14)11-5-3-2-4-6-11/h2-10H,1H3. The van der Waals surface area contributed by atoms with Crippen molar-refractivity contribution in [3.63, 3.8) is 0 Å². The van der Waals surface area contributed by atoms with E-state index < -0.39 is 11.6 Å². The highest BCUT2D eigenvalue weighted by Gasteiger charge is 2.15. The fourth-order valence-electron chi connectivity index (χ4n) is 2.25. The fourth-order valence-corrected chi connectivity index (χ4v) is 2.25. The number of ether oxygens (including phenoxy) is 1. The minimum atomic E-state index is -0.470. The molecule has 3 aromatic rings. The molecule has 0 saturated heterocycles. The molecule has 21 heavy (non-hydrogen) atoms. The summed E-state index contributed by atoms with van der Waals surface area (Å²) in [4.78, 5) is 23.3. The zero-order valence-electron chi connectivity index (χ0n) is 11.3. The second kappa shape index (κ2) is 5.25. The van der Waals surface area contributed by atoms with Gasteiger partial charge in [0.25, 0.3) is 0 Å². The summed E-state index contributed by atoms with van der Waals surface area (Å²) in [6.45, 7) is 0. The Morgan fingerprint density at radius 3 is 2.52 bits per heavy atom. The molecule has 0 bridgehead atoms. The zero-order chi connectivity index (χ0) is 14.8. The van der Waals surface area contributed by atoms with Crippen LogP contribution in [0.4, 0.5) is 0 Å². The minimum Gasteiger partial charge on any atom is -0.465 e. The van der Waals surface area contributed by atoms with E-state index in [9.17, 15) is 9.59 Å². The SMILES string of the molecule is COC(=O)c1cc2oc(=O)ccc2cc1-c1ccccc1. The Bertz CT molecular complexity index is 863. The number of benzene rings is 2. The predicted octanol–water partition coefficient (Wildman–Crippen LogP) is 3.25. The summed E-state index contributed by atoms with van der Waals surface area (Å²) >= 11 is 0. The summed E-state index contributed by atoms with van der Waals surface area (Å²) in [5.41, 5.74) is 1.91. The number of hydrogen-bond donors (Lipinski definition) is 0. The van der Waals surface area contributed by atoms with E-state index >= 15 is 0 Å². The largest absolute Gasteiger partial charge is 0.465 e. The van der Waals surface area contributed by atoms with Crippen LogP contribution in [0.1, 0.15) is 10.4 Å². The normalized spacial score (nSPS) is 10.5. The number of fused-ring (bicyclic) bond motifs is 1. The highest BCUT2D eigenvalue weighted by molar-refractivity contribution is 6.01. The van der Waals surface area contributed by atoms with E-state index in [1.54, 1.807) is 12.1 Å². The molecule has 0 saturated carbocycles. The van der Waals surface area contributed by atoms with Gasteiger partial charge in [0.15, 0.2) is 0 Å². The molecule has 0 amide bonds. The zero-order valence-corrected chi connectivity index (χ0v) is 11.3. The summed E-state index contributed by atoms with van der Waals surface area (Å²) < 4.78 is 9.94. The molecule has 4 heteroatoms. The smallest absolute Gasteiger partial charge is 0.338 e. The lowest BCUT2D eigenvalue weighted by Gasteiger charge is -2.09. The first-order chi connectivity index (χ1) is 10.2. The maximum atomic E-state index is 12.0. The molecule has 4 nitrogen and oxygen atoms in total. The van der Waals surface area contributed by atoms with Crippen LogP contribution in [-0.4, -0.2) is 13.1 Å². The Morgan fingerprint density at radius 1 is 1.05 bits per heavy atom. The van der Waals surface area contributed by atoms with Crippen molar-refractivity contribution in [2.75, 3.05) is 7.11 Å². The van der Waals surface area contributed by atoms with Gasteiger partial charge >= 0.3 is 11.6 Å². The molecule has 0 radical (unpaired) electrons. The van der Waals surface area contributed by atoms with Crippen molar-refractivity contribution in [2.45, 2.75) is 0 Å². The van der Waals surface area contributed by atoms with E-state index in [2.05, 4.69) is 0 Å². The maximum Gasteiger partial charge on any atom is 0.338 e. The van der Waals surface area contributed by atoms with E-state index in [0.29, 0.717) is 11.1 Å². The molecule has 0 aliphatic heterocycles. The highest BCUT2D eigenvalue weighted by atomic mass is 16.5. The average molecular weight is 280 g/mol. The van der Waals surface area contributed by atoms with E-state index in [0.717, 1.165) is 16.5 Å². The predicted molar refractivity (Wildman–Crippen MR) is 79.3 cm³/mol. The van der Waals surface area contributed by atoms with Crippen molar-refractivity contribution < 1.29 is 13.9 Å². The van der Waals surface area contributed by atoms with Gasteiger partial charge in [0.2, 0.25) is 0 Å². The van der Waals surface area contributed by atoms with E-state index in [1.165, 1.54) is 13.2 Å². The molecule has 3 rings (SSSR count). The summed E-state index contributed by atoms with van der Waals surface area (Å²) in [6.07, 6.45) is 0. The first-order valence-electron chi connectivity index (χ1n) is 6.40. The van der Waals surface area contributed by atoms with Crippen LogP contribution in [0.15, 0.2) is 63.8 Å². The van der Waals surface area contributed by atoms with Crippen molar-refractivity contribution in [3.05, 3.63) is 70.6 Å². The van der Waals surface area contributed by atoms with Gasteiger partial charge in [0, 0.05) is 11.5 Å². The molecule has 0 aliphatic rings. The van der Waals surface area contributed by atoms with Crippen molar-refractivity contribution in [1.29, 1.82) is 0 Å². The lowest BCUT2D eigenvalue weighted by molar-refractivity contribution is 0.0601. The fraction of sp³-hybridized carbons (Fsp3) is 0.0588. The Kier molecular flexibility index (Phi) is 3.28. The molecule has 0 aliphatic carbocycles. The lowest BCUT2D eigenvalue weighted by Crippen LogP contribution is -2.04. The second-order valence-corrected chi connectivity index (χ2v) is 4.55. The number of methoxy groups -OCH3 is 1. The van der Waals surface area contributed by atoms with Crippen LogP contribution in [0.2, 0.25) is 0 Å². The number of carbonyl (C=O) groups excluding carboxylic acids is 1. The summed E-state index contributed by atoms with van der Waals surface area (Å²) in [6, 6.07) is 15.9. The lowest BCUT2D eigenvalue weighted by atomic mass is 9.97. The van der Waals surface area contributed by atoms with Crippen molar-refractivity contribution in [1.82, 2.24) is 0 Å². The van der Waals surface area contributed by atoms with Crippen molar-refractivity contribution in [2.24, 2.45) is 0 Å². The van der Waals surface area contributed by atoms with Gasteiger partial charge in [-0.3, -0.25) is 0 Å². The first kappa shape index (κ1) is 13.1. The van der Waals surface area contributed by atoms with Crippen molar-refractivity contribution >= 4 is 16.9 Å². The molecule has 0 N–H and O–H groups in total. The van der Waals surface area contributed by atoms with Gasteiger partial charge in [-0.15, -0.1) is 0 Å². The maximum absolute atomic E-state index is 12.0.